The molecule has 0 aromatic carbocycles. The molecule has 0 aliphatic heterocycles. The van der Waals surface area contributed by atoms with E-state index in [1.54, 1.807) is 10.8 Å². The molecule has 1 aromatic rings. The van der Waals surface area contributed by atoms with Gasteiger partial charge < -0.3 is 10.4 Å². The lowest BCUT2D eigenvalue weighted by Crippen LogP contribution is -2.40. The van der Waals surface area contributed by atoms with Crippen LogP contribution in [0.1, 0.15) is 56.7 Å². The van der Waals surface area contributed by atoms with E-state index in [1.807, 2.05) is 6.92 Å². The summed E-state index contributed by atoms with van der Waals surface area (Å²) >= 11 is 6.33. The van der Waals surface area contributed by atoms with Crippen molar-refractivity contribution in [2.75, 3.05) is 6.54 Å². The average molecular weight is 340 g/mol. The van der Waals surface area contributed by atoms with E-state index >= 15 is 0 Å². The fourth-order valence-corrected chi connectivity index (χ4v) is 3.21. The Bertz CT molecular complexity index is 575. The number of aliphatic hydroxyl groups is 1. The van der Waals surface area contributed by atoms with Gasteiger partial charge in [-0.25, -0.2) is 0 Å². The number of carbonyl (C=O) groups excluding carboxylic acids is 1. The first-order chi connectivity index (χ1) is 10.9. The van der Waals surface area contributed by atoms with Crippen molar-refractivity contribution < 1.29 is 9.90 Å². The molecule has 2 rings (SSSR count). The second-order valence-corrected chi connectivity index (χ2v) is 6.71. The van der Waals surface area contributed by atoms with Crippen LogP contribution in [0.25, 0.3) is 6.08 Å². The van der Waals surface area contributed by atoms with Crippen LogP contribution in [0.15, 0.2) is 6.08 Å². The summed E-state index contributed by atoms with van der Waals surface area (Å²) in [5.74, 6) is -0.220. The van der Waals surface area contributed by atoms with Crippen LogP contribution in [0.5, 0.6) is 0 Å². The molecule has 1 heterocycles. The van der Waals surface area contributed by atoms with Gasteiger partial charge in [0.25, 0.3) is 0 Å². The third-order valence-electron chi connectivity index (χ3n) is 4.36. The summed E-state index contributed by atoms with van der Waals surface area (Å²) in [6.07, 6.45) is 8.80. The van der Waals surface area contributed by atoms with Crippen LogP contribution in [0, 0.1) is 6.92 Å². The number of rotatable bonds is 7. The zero-order valence-corrected chi connectivity index (χ0v) is 14.7. The first kappa shape index (κ1) is 18.0. The van der Waals surface area contributed by atoms with Crippen LogP contribution in [0.3, 0.4) is 0 Å². The lowest BCUT2D eigenvalue weighted by atomic mass is 10.0. The second-order valence-electron chi connectivity index (χ2n) is 6.35. The first-order valence-electron chi connectivity index (χ1n) is 8.36. The summed E-state index contributed by atoms with van der Waals surface area (Å²) in [7, 11) is 0. The van der Waals surface area contributed by atoms with Gasteiger partial charge in [0.1, 0.15) is 5.15 Å². The van der Waals surface area contributed by atoms with E-state index in [9.17, 15) is 9.90 Å². The Morgan fingerprint density at radius 2 is 2.17 bits per heavy atom. The maximum absolute atomic E-state index is 11.9. The summed E-state index contributed by atoms with van der Waals surface area (Å²) < 4.78 is 1.78. The van der Waals surface area contributed by atoms with Gasteiger partial charge in [-0.3, -0.25) is 9.48 Å². The van der Waals surface area contributed by atoms with Crippen LogP contribution in [-0.2, 0) is 11.3 Å². The van der Waals surface area contributed by atoms with E-state index in [2.05, 4.69) is 17.3 Å². The summed E-state index contributed by atoms with van der Waals surface area (Å²) in [4.78, 5) is 11.9. The van der Waals surface area contributed by atoms with E-state index in [0.717, 1.165) is 56.3 Å². The molecule has 0 radical (unpaired) electrons. The van der Waals surface area contributed by atoms with Gasteiger partial charge in [-0.2, -0.15) is 5.10 Å². The third-order valence-corrected chi connectivity index (χ3v) is 4.76. The quantitative estimate of drug-likeness (QED) is 0.750. The largest absolute Gasteiger partial charge is 0.388 e. The Hall–Kier alpha value is -1.33. The van der Waals surface area contributed by atoms with E-state index in [4.69, 9.17) is 11.6 Å². The minimum absolute atomic E-state index is 0.220. The number of carbonyl (C=O) groups is 1. The highest BCUT2D eigenvalue weighted by molar-refractivity contribution is 6.31. The Balaban J connectivity index is 1.94. The molecule has 0 atom stereocenters. The highest BCUT2D eigenvalue weighted by atomic mass is 35.5. The van der Waals surface area contributed by atoms with Crippen LogP contribution < -0.4 is 5.32 Å². The standard InChI is InChI=1S/C17H26ClN3O2/c1-3-4-11-21-16(18)14(13(2)20-21)7-8-15(22)19-12-17(23)9-5-6-10-17/h7-8,23H,3-6,9-12H2,1-2H3,(H,19,22)/b8-7+. The zero-order valence-electron chi connectivity index (χ0n) is 13.9. The lowest BCUT2D eigenvalue weighted by molar-refractivity contribution is -0.117. The molecule has 1 fully saturated rings. The predicted molar refractivity (Wildman–Crippen MR) is 92.3 cm³/mol. The van der Waals surface area contributed by atoms with Gasteiger partial charge in [0.05, 0.1) is 11.3 Å². The van der Waals surface area contributed by atoms with Crippen molar-refractivity contribution in [1.82, 2.24) is 15.1 Å². The number of nitrogens with one attached hydrogen (secondary N) is 1. The molecule has 0 bridgehead atoms. The molecule has 23 heavy (non-hydrogen) atoms. The second kappa shape index (κ2) is 7.97. The maximum atomic E-state index is 11.9. The molecule has 0 unspecified atom stereocenters. The molecule has 1 aliphatic carbocycles. The van der Waals surface area contributed by atoms with Gasteiger partial charge in [0.15, 0.2) is 0 Å². The highest BCUT2D eigenvalue weighted by Crippen LogP contribution is 2.28. The van der Waals surface area contributed by atoms with Gasteiger partial charge >= 0.3 is 0 Å². The van der Waals surface area contributed by atoms with Crippen molar-refractivity contribution in [2.45, 2.75) is 64.5 Å². The SMILES string of the molecule is CCCCn1nc(C)c(/C=C/C(=O)NCC2(O)CCCC2)c1Cl. The van der Waals surface area contributed by atoms with E-state index in [1.165, 1.54) is 6.08 Å². The molecule has 1 aromatic heterocycles. The molecule has 2 N–H and O–H groups in total. The Morgan fingerprint density at radius 1 is 1.48 bits per heavy atom. The van der Waals surface area contributed by atoms with Gasteiger partial charge in [-0.1, -0.05) is 37.8 Å². The molecule has 0 saturated heterocycles. The molecule has 5 nitrogen and oxygen atoms in total. The number of amides is 1. The molecule has 0 spiro atoms. The van der Waals surface area contributed by atoms with Gasteiger partial charge in [-0.05, 0) is 32.3 Å². The van der Waals surface area contributed by atoms with E-state index < -0.39 is 5.60 Å². The fourth-order valence-electron chi connectivity index (χ4n) is 2.89. The average Bonchev–Trinajstić information content (AvgIpc) is 3.06. The molecule has 128 valence electrons. The fraction of sp³-hybridized carbons (Fsp3) is 0.647. The number of aryl methyl sites for hydroxylation is 2. The number of hydrogen-bond donors (Lipinski definition) is 2. The Labute approximate surface area is 142 Å². The summed E-state index contributed by atoms with van der Waals surface area (Å²) in [5.41, 5.74) is 0.851. The van der Waals surface area contributed by atoms with Crippen molar-refractivity contribution in [3.05, 3.63) is 22.5 Å². The Kier molecular flexibility index (Phi) is 6.25. The van der Waals surface area contributed by atoms with Gasteiger partial charge in [-0.15, -0.1) is 0 Å². The normalized spacial score (nSPS) is 17.0. The monoisotopic (exact) mass is 339 g/mol. The summed E-state index contributed by atoms with van der Waals surface area (Å²) in [6.45, 7) is 5.09. The van der Waals surface area contributed by atoms with Crippen LogP contribution in [-0.4, -0.2) is 32.9 Å². The molecular formula is C17H26ClN3O2. The van der Waals surface area contributed by atoms with Crippen molar-refractivity contribution in [1.29, 1.82) is 0 Å². The number of aromatic nitrogens is 2. The van der Waals surface area contributed by atoms with Crippen molar-refractivity contribution in [3.8, 4) is 0 Å². The number of hydrogen-bond acceptors (Lipinski definition) is 3. The third kappa shape index (κ3) is 4.82. The molecule has 1 aliphatic rings. The molecule has 6 heteroatoms. The Morgan fingerprint density at radius 3 is 2.83 bits per heavy atom. The van der Waals surface area contributed by atoms with Gasteiger partial charge in [0.2, 0.25) is 5.91 Å². The zero-order chi connectivity index (χ0) is 16.9. The minimum Gasteiger partial charge on any atom is -0.388 e. The number of nitrogens with zero attached hydrogens (tertiary/aromatic N) is 2. The smallest absolute Gasteiger partial charge is 0.244 e. The topological polar surface area (TPSA) is 67.2 Å². The highest BCUT2D eigenvalue weighted by Gasteiger charge is 2.30. The molecule has 1 amide bonds. The molecule has 1 saturated carbocycles. The van der Waals surface area contributed by atoms with Crippen LogP contribution in [0.2, 0.25) is 5.15 Å². The minimum atomic E-state index is -0.734. The summed E-state index contributed by atoms with van der Waals surface area (Å²) in [6, 6.07) is 0. The van der Waals surface area contributed by atoms with Crippen LogP contribution in [0.4, 0.5) is 0 Å². The van der Waals surface area contributed by atoms with Gasteiger partial charge in [0, 0.05) is 24.7 Å². The predicted octanol–water partition coefficient (Wildman–Crippen LogP) is 3.08. The van der Waals surface area contributed by atoms with Crippen molar-refractivity contribution in [3.63, 3.8) is 0 Å². The first-order valence-corrected chi connectivity index (χ1v) is 8.74. The van der Waals surface area contributed by atoms with Crippen LogP contribution >= 0.6 is 11.6 Å². The van der Waals surface area contributed by atoms with E-state index in [0.29, 0.717) is 11.7 Å². The van der Waals surface area contributed by atoms with Crippen molar-refractivity contribution >= 4 is 23.6 Å². The lowest BCUT2D eigenvalue weighted by Gasteiger charge is -2.21. The van der Waals surface area contributed by atoms with E-state index in [-0.39, 0.29) is 5.91 Å². The maximum Gasteiger partial charge on any atom is 0.244 e. The number of halogens is 1. The summed E-state index contributed by atoms with van der Waals surface area (Å²) in [5, 5.41) is 18.0. The number of unbranched alkanes of at least 4 members (excludes halogenated alkanes) is 1. The molecular weight excluding hydrogens is 314 g/mol. The van der Waals surface area contributed by atoms with Crippen molar-refractivity contribution in [2.24, 2.45) is 0 Å².